The SMILES string of the molecule is N#Cc1cc(-c2cc3scnc3nc2C=N)ccc1F. The Hall–Kier alpha value is -2.65. The number of benzene rings is 1. The Kier molecular flexibility index (Phi) is 2.97. The summed E-state index contributed by atoms with van der Waals surface area (Å²) < 4.78 is 14.3. The smallest absolute Gasteiger partial charge is 0.170 e. The van der Waals surface area contributed by atoms with Gasteiger partial charge in [-0.2, -0.15) is 5.26 Å². The summed E-state index contributed by atoms with van der Waals surface area (Å²) in [6.07, 6.45) is 1.13. The molecule has 0 aliphatic carbocycles. The first-order valence-electron chi connectivity index (χ1n) is 5.67. The highest BCUT2D eigenvalue weighted by Gasteiger charge is 2.11. The molecule has 2 heterocycles. The zero-order valence-corrected chi connectivity index (χ0v) is 10.9. The predicted molar refractivity (Wildman–Crippen MR) is 75.4 cm³/mol. The molecule has 2 aromatic heterocycles. The highest BCUT2D eigenvalue weighted by molar-refractivity contribution is 7.16. The third-order valence-corrected chi connectivity index (χ3v) is 3.65. The standard InChI is InChI=1S/C14H7FN4S/c15-11-2-1-8(3-9(11)5-16)10-4-13-14(18-7-20-13)19-12(10)6-17/h1-4,6-7,17H. The van der Waals surface area contributed by atoms with E-state index in [1.54, 1.807) is 11.6 Å². The van der Waals surface area contributed by atoms with Crippen LogP contribution in [0.3, 0.4) is 0 Å². The highest BCUT2D eigenvalue weighted by atomic mass is 32.1. The summed E-state index contributed by atoms with van der Waals surface area (Å²) in [5.41, 5.74) is 4.03. The molecule has 0 unspecified atom stereocenters. The van der Waals surface area contributed by atoms with Crippen LogP contribution in [0.15, 0.2) is 29.8 Å². The number of aromatic nitrogens is 2. The van der Waals surface area contributed by atoms with Crippen LogP contribution in [0.25, 0.3) is 21.5 Å². The topological polar surface area (TPSA) is 73.4 Å². The van der Waals surface area contributed by atoms with Crippen molar-refractivity contribution in [2.24, 2.45) is 0 Å². The number of fused-ring (bicyclic) bond motifs is 1. The molecule has 0 radical (unpaired) electrons. The first-order chi connectivity index (χ1) is 9.72. The molecule has 0 bridgehead atoms. The molecule has 3 aromatic rings. The molecule has 1 aromatic carbocycles. The van der Waals surface area contributed by atoms with Crippen molar-refractivity contribution in [3.8, 4) is 17.2 Å². The second kappa shape index (κ2) is 4.79. The van der Waals surface area contributed by atoms with Crippen molar-refractivity contribution in [3.63, 3.8) is 0 Å². The van der Waals surface area contributed by atoms with Gasteiger partial charge in [-0.3, -0.25) is 0 Å². The Bertz CT molecular complexity index is 863. The molecule has 3 rings (SSSR count). The van der Waals surface area contributed by atoms with E-state index in [1.165, 1.54) is 23.5 Å². The van der Waals surface area contributed by atoms with Gasteiger partial charge >= 0.3 is 0 Å². The summed E-state index contributed by atoms with van der Waals surface area (Å²) in [4.78, 5) is 8.39. The van der Waals surface area contributed by atoms with Gasteiger partial charge in [0.2, 0.25) is 0 Å². The molecule has 0 amide bonds. The van der Waals surface area contributed by atoms with Crippen molar-refractivity contribution in [2.45, 2.75) is 0 Å². The van der Waals surface area contributed by atoms with E-state index in [0.717, 1.165) is 10.9 Å². The van der Waals surface area contributed by atoms with E-state index in [4.69, 9.17) is 10.7 Å². The Balaban J connectivity index is 2.27. The highest BCUT2D eigenvalue weighted by Crippen LogP contribution is 2.28. The quantitative estimate of drug-likeness (QED) is 0.732. The van der Waals surface area contributed by atoms with E-state index in [2.05, 4.69) is 9.97 Å². The number of nitriles is 1. The largest absolute Gasteiger partial charge is 0.306 e. The third kappa shape index (κ3) is 1.94. The van der Waals surface area contributed by atoms with Gasteiger partial charge in [-0.15, -0.1) is 11.3 Å². The van der Waals surface area contributed by atoms with Crippen LogP contribution in [0.1, 0.15) is 11.3 Å². The predicted octanol–water partition coefficient (Wildman–Crippen LogP) is 3.37. The molecule has 96 valence electrons. The maximum absolute atomic E-state index is 13.4. The van der Waals surface area contributed by atoms with Gasteiger partial charge < -0.3 is 5.41 Å². The van der Waals surface area contributed by atoms with E-state index in [-0.39, 0.29) is 5.56 Å². The molecule has 6 heteroatoms. The minimum absolute atomic E-state index is 0.0252. The molecule has 4 nitrogen and oxygen atoms in total. The van der Waals surface area contributed by atoms with Crippen molar-refractivity contribution in [3.05, 3.63) is 46.9 Å². The van der Waals surface area contributed by atoms with Crippen LogP contribution in [0, 0.1) is 22.6 Å². The van der Waals surface area contributed by atoms with Gasteiger partial charge in [0.05, 0.1) is 21.5 Å². The normalized spacial score (nSPS) is 10.4. The van der Waals surface area contributed by atoms with Crippen molar-refractivity contribution in [1.29, 1.82) is 10.7 Å². The van der Waals surface area contributed by atoms with Crippen molar-refractivity contribution < 1.29 is 4.39 Å². The number of nitrogens with zero attached hydrogens (tertiary/aromatic N) is 3. The maximum Gasteiger partial charge on any atom is 0.170 e. The van der Waals surface area contributed by atoms with Crippen LogP contribution >= 0.6 is 11.3 Å². The van der Waals surface area contributed by atoms with Crippen LogP contribution in [0.5, 0.6) is 0 Å². The van der Waals surface area contributed by atoms with Crippen molar-refractivity contribution in [2.75, 3.05) is 0 Å². The molecule has 20 heavy (non-hydrogen) atoms. The third-order valence-electron chi connectivity index (χ3n) is 2.89. The maximum atomic E-state index is 13.4. The fraction of sp³-hybridized carbons (Fsp3) is 0. The Morgan fingerprint density at radius 1 is 1.35 bits per heavy atom. The second-order valence-electron chi connectivity index (χ2n) is 4.05. The monoisotopic (exact) mass is 282 g/mol. The zero-order chi connectivity index (χ0) is 14.1. The zero-order valence-electron chi connectivity index (χ0n) is 10.1. The molecular weight excluding hydrogens is 275 g/mol. The summed E-state index contributed by atoms with van der Waals surface area (Å²) >= 11 is 1.44. The van der Waals surface area contributed by atoms with E-state index in [1.807, 2.05) is 12.1 Å². The number of thiazole rings is 1. The van der Waals surface area contributed by atoms with Crippen LogP contribution in [-0.4, -0.2) is 16.2 Å². The lowest BCUT2D eigenvalue weighted by Gasteiger charge is -2.06. The first-order valence-corrected chi connectivity index (χ1v) is 6.55. The molecule has 1 N–H and O–H groups in total. The summed E-state index contributed by atoms with van der Waals surface area (Å²) in [5.74, 6) is -0.556. The second-order valence-corrected chi connectivity index (χ2v) is 4.93. The number of halogens is 1. The summed E-state index contributed by atoms with van der Waals surface area (Å²) in [6.45, 7) is 0. The fourth-order valence-corrected chi connectivity index (χ4v) is 2.59. The van der Waals surface area contributed by atoms with Crippen LogP contribution < -0.4 is 0 Å². The molecule has 0 aliphatic heterocycles. The van der Waals surface area contributed by atoms with Gasteiger partial charge in [0.25, 0.3) is 0 Å². The lowest BCUT2D eigenvalue weighted by Crippen LogP contribution is -1.94. The van der Waals surface area contributed by atoms with Crippen molar-refractivity contribution in [1.82, 2.24) is 9.97 Å². The molecule has 0 saturated carbocycles. The first kappa shape index (κ1) is 12.4. The Morgan fingerprint density at radius 3 is 2.95 bits per heavy atom. The minimum atomic E-state index is -0.556. The molecule has 0 aliphatic rings. The van der Waals surface area contributed by atoms with Crippen LogP contribution in [0.2, 0.25) is 0 Å². The van der Waals surface area contributed by atoms with E-state index < -0.39 is 5.82 Å². The number of hydrogen-bond acceptors (Lipinski definition) is 5. The Labute approximate surface area is 117 Å². The lowest BCUT2D eigenvalue weighted by atomic mass is 10.0. The van der Waals surface area contributed by atoms with Gasteiger partial charge in [-0.1, -0.05) is 6.07 Å². The van der Waals surface area contributed by atoms with E-state index >= 15 is 0 Å². The van der Waals surface area contributed by atoms with Crippen LogP contribution in [-0.2, 0) is 0 Å². The summed E-state index contributed by atoms with van der Waals surface area (Å²) in [7, 11) is 0. The average molecular weight is 282 g/mol. The molecule has 0 spiro atoms. The number of nitrogens with one attached hydrogen (secondary N) is 1. The van der Waals surface area contributed by atoms with E-state index in [9.17, 15) is 4.39 Å². The number of hydrogen-bond donors (Lipinski definition) is 1. The molecule has 0 atom stereocenters. The minimum Gasteiger partial charge on any atom is -0.306 e. The van der Waals surface area contributed by atoms with Gasteiger partial charge in [-0.25, -0.2) is 14.4 Å². The molecular formula is C14H7FN4S. The van der Waals surface area contributed by atoms with E-state index in [0.29, 0.717) is 22.5 Å². The van der Waals surface area contributed by atoms with Crippen LogP contribution in [0.4, 0.5) is 4.39 Å². The number of rotatable bonds is 2. The van der Waals surface area contributed by atoms with Gasteiger partial charge in [0.15, 0.2) is 5.65 Å². The summed E-state index contributed by atoms with van der Waals surface area (Å²) in [5, 5.41) is 16.3. The lowest BCUT2D eigenvalue weighted by molar-refractivity contribution is 0.624. The average Bonchev–Trinajstić information content (AvgIpc) is 2.93. The van der Waals surface area contributed by atoms with Gasteiger partial charge in [0.1, 0.15) is 11.9 Å². The fourth-order valence-electron chi connectivity index (χ4n) is 1.93. The summed E-state index contributed by atoms with van der Waals surface area (Å²) in [6, 6.07) is 7.96. The number of pyridine rings is 1. The van der Waals surface area contributed by atoms with Gasteiger partial charge in [0, 0.05) is 11.8 Å². The van der Waals surface area contributed by atoms with Gasteiger partial charge in [-0.05, 0) is 23.8 Å². The Morgan fingerprint density at radius 2 is 2.20 bits per heavy atom. The van der Waals surface area contributed by atoms with Crippen molar-refractivity contribution >= 4 is 27.9 Å². The molecule has 0 saturated heterocycles. The molecule has 0 fully saturated rings.